The van der Waals surface area contributed by atoms with E-state index in [2.05, 4.69) is 41.0 Å². The van der Waals surface area contributed by atoms with E-state index in [-0.39, 0.29) is 0 Å². The Morgan fingerprint density at radius 1 is 1.50 bits per heavy atom. The van der Waals surface area contributed by atoms with E-state index in [9.17, 15) is 0 Å². The molecule has 0 saturated heterocycles. The van der Waals surface area contributed by atoms with E-state index in [4.69, 9.17) is 5.84 Å². The highest BCUT2D eigenvalue weighted by atomic mass is 32.2. The Kier molecular flexibility index (Phi) is 4.10. The summed E-state index contributed by atoms with van der Waals surface area (Å²) in [5.74, 6) is 5.77. The summed E-state index contributed by atoms with van der Waals surface area (Å²) in [6.45, 7) is 0. The molecule has 0 radical (unpaired) electrons. The third-order valence-electron chi connectivity index (χ3n) is 3.84. The van der Waals surface area contributed by atoms with Gasteiger partial charge in [-0.25, -0.2) is 0 Å². The van der Waals surface area contributed by atoms with Gasteiger partial charge in [-0.2, -0.15) is 5.10 Å². The first-order valence-electron chi connectivity index (χ1n) is 6.94. The maximum atomic E-state index is 5.77. The monoisotopic (exact) mass is 288 g/mol. The first-order chi connectivity index (χ1) is 9.76. The first-order valence-corrected chi connectivity index (χ1v) is 7.82. The summed E-state index contributed by atoms with van der Waals surface area (Å²) in [6, 6.07) is 8.97. The van der Waals surface area contributed by atoms with Crippen molar-refractivity contribution in [2.45, 2.75) is 35.4 Å². The molecule has 1 aliphatic rings. The summed E-state index contributed by atoms with van der Waals surface area (Å²) in [5, 5.41) is 4.73. The third kappa shape index (κ3) is 2.90. The van der Waals surface area contributed by atoms with Gasteiger partial charge < -0.3 is 0 Å². The van der Waals surface area contributed by atoms with Crippen LogP contribution in [0.5, 0.6) is 0 Å². The van der Waals surface area contributed by atoms with Crippen molar-refractivity contribution in [2.24, 2.45) is 12.9 Å². The van der Waals surface area contributed by atoms with Crippen LogP contribution in [0.4, 0.5) is 0 Å². The highest BCUT2D eigenvalue weighted by Crippen LogP contribution is 2.38. The Labute approximate surface area is 123 Å². The third-order valence-corrected chi connectivity index (χ3v) is 5.29. The number of hydrazine groups is 1. The van der Waals surface area contributed by atoms with Gasteiger partial charge in [-0.05, 0) is 36.5 Å². The Morgan fingerprint density at radius 3 is 3.05 bits per heavy atom. The van der Waals surface area contributed by atoms with Crippen molar-refractivity contribution in [3.63, 3.8) is 0 Å². The number of hydrogen-bond donors (Lipinski definition) is 2. The summed E-state index contributed by atoms with van der Waals surface area (Å²) < 4.78 is 1.85. The Morgan fingerprint density at radius 2 is 2.35 bits per heavy atom. The molecule has 5 heteroatoms. The molecule has 0 amide bonds. The van der Waals surface area contributed by atoms with Crippen molar-refractivity contribution in [1.29, 1.82) is 0 Å². The molecule has 4 nitrogen and oxygen atoms in total. The molecule has 0 saturated carbocycles. The van der Waals surface area contributed by atoms with Crippen LogP contribution < -0.4 is 11.3 Å². The zero-order chi connectivity index (χ0) is 13.9. The second-order valence-corrected chi connectivity index (χ2v) is 6.58. The van der Waals surface area contributed by atoms with E-state index < -0.39 is 0 Å². The van der Waals surface area contributed by atoms with Gasteiger partial charge in [-0.1, -0.05) is 18.2 Å². The normalized spacial score (nSPS) is 19.0. The highest BCUT2D eigenvalue weighted by molar-refractivity contribution is 8.00. The fraction of sp³-hybridized carbons (Fsp3) is 0.400. The molecule has 3 N–H and O–H groups in total. The number of nitrogens with zero attached hydrogens (tertiary/aromatic N) is 2. The molecule has 20 heavy (non-hydrogen) atoms. The number of aryl methyl sites for hydroxylation is 2. The predicted molar refractivity (Wildman–Crippen MR) is 82.4 cm³/mol. The van der Waals surface area contributed by atoms with E-state index in [0.29, 0.717) is 11.3 Å². The molecule has 106 valence electrons. The zero-order valence-corrected chi connectivity index (χ0v) is 12.4. The van der Waals surface area contributed by atoms with E-state index in [1.807, 2.05) is 29.7 Å². The van der Waals surface area contributed by atoms with Crippen molar-refractivity contribution in [1.82, 2.24) is 15.2 Å². The van der Waals surface area contributed by atoms with Gasteiger partial charge in [-0.15, -0.1) is 11.8 Å². The minimum Gasteiger partial charge on any atom is -0.276 e. The van der Waals surface area contributed by atoms with Gasteiger partial charge in [0.15, 0.2) is 0 Å². The smallest absolute Gasteiger partial charge is 0.0521 e. The number of thioether (sulfide) groups is 1. The molecule has 2 unspecified atom stereocenters. The lowest BCUT2D eigenvalue weighted by Gasteiger charge is -2.21. The van der Waals surface area contributed by atoms with Gasteiger partial charge in [0.05, 0.1) is 6.20 Å². The van der Waals surface area contributed by atoms with E-state index >= 15 is 0 Å². The first kappa shape index (κ1) is 13.7. The molecule has 1 aliphatic heterocycles. The summed E-state index contributed by atoms with van der Waals surface area (Å²) in [7, 11) is 1.95. The maximum Gasteiger partial charge on any atom is 0.0521 e. The van der Waals surface area contributed by atoms with Gasteiger partial charge in [0, 0.05) is 29.4 Å². The number of nitrogens with one attached hydrogen (secondary N) is 1. The van der Waals surface area contributed by atoms with Crippen LogP contribution in [0.15, 0.2) is 41.6 Å². The lowest BCUT2D eigenvalue weighted by Crippen LogP contribution is -2.42. The molecule has 0 bridgehead atoms. The highest BCUT2D eigenvalue weighted by Gasteiger charge is 2.28. The van der Waals surface area contributed by atoms with Crippen molar-refractivity contribution < 1.29 is 0 Å². The average molecular weight is 288 g/mol. The minimum atomic E-state index is 0.326. The Hall–Kier alpha value is -1.30. The van der Waals surface area contributed by atoms with Crippen LogP contribution in [0.2, 0.25) is 0 Å². The molecule has 2 aromatic rings. The van der Waals surface area contributed by atoms with Crippen molar-refractivity contribution in [3.8, 4) is 0 Å². The standard InChI is InChI=1S/C15H20N4S/c1-19-10-11(9-17-19)6-7-13(18-16)15-8-12-4-2-3-5-14(12)20-15/h2-5,9-10,13,15,18H,6-8,16H2,1H3. The van der Waals surface area contributed by atoms with E-state index in [1.54, 1.807) is 0 Å². The van der Waals surface area contributed by atoms with Crippen molar-refractivity contribution in [2.75, 3.05) is 0 Å². The molecular weight excluding hydrogens is 268 g/mol. The van der Waals surface area contributed by atoms with Crippen molar-refractivity contribution >= 4 is 11.8 Å². The van der Waals surface area contributed by atoms with Crippen LogP contribution >= 0.6 is 11.8 Å². The second-order valence-electron chi connectivity index (χ2n) is 5.30. The van der Waals surface area contributed by atoms with Gasteiger partial charge in [0.1, 0.15) is 0 Å². The lowest BCUT2D eigenvalue weighted by atomic mass is 10.0. The summed E-state index contributed by atoms with van der Waals surface area (Å²) in [6.07, 6.45) is 7.15. The quantitative estimate of drug-likeness (QED) is 0.652. The van der Waals surface area contributed by atoms with Crippen LogP contribution in [-0.2, 0) is 19.9 Å². The number of rotatable bonds is 5. The Balaban J connectivity index is 1.61. The summed E-state index contributed by atoms with van der Waals surface area (Å²) >= 11 is 1.95. The number of nitrogens with two attached hydrogens (primary N) is 1. The van der Waals surface area contributed by atoms with Crippen LogP contribution in [0.1, 0.15) is 17.5 Å². The molecular formula is C15H20N4S. The number of benzene rings is 1. The number of fused-ring (bicyclic) bond motifs is 1. The molecule has 0 fully saturated rings. The van der Waals surface area contributed by atoms with Crippen LogP contribution in [-0.4, -0.2) is 21.1 Å². The molecule has 2 atom stereocenters. The van der Waals surface area contributed by atoms with Crippen molar-refractivity contribution in [3.05, 3.63) is 47.8 Å². The second kappa shape index (κ2) is 5.99. The van der Waals surface area contributed by atoms with E-state index in [0.717, 1.165) is 19.3 Å². The fourth-order valence-electron chi connectivity index (χ4n) is 2.73. The van der Waals surface area contributed by atoms with Gasteiger partial charge in [-0.3, -0.25) is 16.0 Å². The number of hydrogen-bond acceptors (Lipinski definition) is 4. The largest absolute Gasteiger partial charge is 0.276 e. The molecule has 3 rings (SSSR count). The van der Waals surface area contributed by atoms with Crippen LogP contribution in [0, 0.1) is 0 Å². The number of aromatic nitrogens is 2. The topological polar surface area (TPSA) is 55.9 Å². The summed E-state index contributed by atoms with van der Waals surface area (Å²) in [5.41, 5.74) is 5.73. The zero-order valence-electron chi connectivity index (χ0n) is 11.6. The average Bonchev–Trinajstić information content (AvgIpc) is 3.05. The maximum absolute atomic E-state index is 5.77. The minimum absolute atomic E-state index is 0.326. The SMILES string of the molecule is Cn1cc(CCC(NN)C2Cc3ccccc3S2)cn1. The Bertz CT molecular complexity index is 556. The molecule has 0 spiro atoms. The van der Waals surface area contributed by atoms with Gasteiger partial charge in [0.25, 0.3) is 0 Å². The molecule has 1 aromatic carbocycles. The molecule has 0 aliphatic carbocycles. The van der Waals surface area contributed by atoms with Crippen LogP contribution in [0.25, 0.3) is 0 Å². The van der Waals surface area contributed by atoms with Gasteiger partial charge in [0.2, 0.25) is 0 Å². The lowest BCUT2D eigenvalue weighted by molar-refractivity contribution is 0.478. The van der Waals surface area contributed by atoms with Gasteiger partial charge >= 0.3 is 0 Å². The fourth-order valence-corrected chi connectivity index (χ4v) is 4.16. The van der Waals surface area contributed by atoms with E-state index in [1.165, 1.54) is 16.0 Å². The summed E-state index contributed by atoms with van der Waals surface area (Å²) in [4.78, 5) is 1.40. The molecule has 1 aromatic heterocycles. The van der Waals surface area contributed by atoms with Crippen LogP contribution in [0.3, 0.4) is 0 Å². The predicted octanol–water partition coefficient (Wildman–Crippen LogP) is 1.90. The molecule has 2 heterocycles.